The van der Waals surface area contributed by atoms with Crippen LogP contribution in [-0.4, -0.2) is 11.9 Å². The van der Waals surface area contributed by atoms with Crippen molar-refractivity contribution in [2.24, 2.45) is 11.7 Å². The third-order valence-corrected chi connectivity index (χ3v) is 4.02. The molecule has 0 atom stereocenters. The molecule has 0 saturated heterocycles. The van der Waals surface area contributed by atoms with E-state index in [-0.39, 0.29) is 5.91 Å². The highest BCUT2D eigenvalue weighted by Crippen LogP contribution is 2.26. The lowest BCUT2D eigenvalue weighted by molar-refractivity contribution is -0.117. The smallest absolute Gasteiger partial charge is 0.224 e. The Bertz CT molecular complexity index is 397. The fraction of sp³-hybridized carbons (Fsp3) is 0.500. The van der Waals surface area contributed by atoms with E-state index in [4.69, 9.17) is 5.73 Å². The summed E-state index contributed by atoms with van der Waals surface area (Å²) in [7, 11) is 0. The molecular weight excluding hydrogens is 292 g/mol. The second-order valence-corrected chi connectivity index (χ2v) is 5.96. The molecule has 0 aromatic heterocycles. The van der Waals surface area contributed by atoms with Crippen LogP contribution in [0.15, 0.2) is 28.7 Å². The van der Waals surface area contributed by atoms with E-state index >= 15 is 0 Å². The summed E-state index contributed by atoms with van der Waals surface area (Å²) in [5.41, 5.74) is 6.72. The van der Waals surface area contributed by atoms with Crippen molar-refractivity contribution in [3.63, 3.8) is 0 Å². The van der Waals surface area contributed by atoms with Gasteiger partial charge in [-0.25, -0.2) is 0 Å². The van der Waals surface area contributed by atoms with Gasteiger partial charge in [0.05, 0.1) is 0 Å². The molecule has 1 aliphatic carbocycles. The summed E-state index contributed by atoms with van der Waals surface area (Å²) in [5.74, 6) is 0.609. The van der Waals surface area contributed by atoms with Crippen LogP contribution < -0.4 is 11.1 Å². The van der Waals surface area contributed by atoms with Gasteiger partial charge < -0.3 is 11.1 Å². The molecule has 1 fully saturated rings. The van der Waals surface area contributed by atoms with Crippen LogP contribution in [0.2, 0.25) is 0 Å². The molecule has 18 heavy (non-hydrogen) atoms. The maximum absolute atomic E-state index is 11.9. The Morgan fingerprint density at radius 2 is 1.83 bits per heavy atom. The molecule has 0 spiro atoms. The van der Waals surface area contributed by atoms with E-state index in [1.807, 2.05) is 24.3 Å². The Kier molecular flexibility index (Phi) is 4.78. The minimum Gasteiger partial charge on any atom is -0.328 e. The summed E-state index contributed by atoms with van der Waals surface area (Å²) in [6.45, 7) is 0. The van der Waals surface area contributed by atoms with Crippen molar-refractivity contribution >= 4 is 27.5 Å². The van der Waals surface area contributed by atoms with E-state index < -0.39 is 0 Å². The van der Waals surface area contributed by atoms with Gasteiger partial charge in [-0.3, -0.25) is 4.79 Å². The standard InChI is InChI=1S/C14H19BrN2O/c15-11-3-7-13(8-4-11)17-14(18)9-10-1-5-12(16)6-2-10/h3-4,7-8,10,12H,1-2,5-6,9,16H2,(H,17,18). The zero-order valence-electron chi connectivity index (χ0n) is 10.4. The van der Waals surface area contributed by atoms with E-state index in [1.165, 1.54) is 0 Å². The van der Waals surface area contributed by atoms with Crippen LogP contribution in [-0.2, 0) is 4.79 Å². The topological polar surface area (TPSA) is 55.1 Å². The normalized spacial score (nSPS) is 23.7. The quantitative estimate of drug-likeness (QED) is 0.900. The van der Waals surface area contributed by atoms with Crippen LogP contribution in [0.5, 0.6) is 0 Å². The number of benzene rings is 1. The molecule has 1 aromatic carbocycles. The molecule has 0 bridgehead atoms. The van der Waals surface area contributed by atoms with E-state index in [2.05, 4.69) is 21.2 Å². The first-order valence-electron chi connectivity index (χ1n) is 6.44. The van der Waals surface area contributed by atoms with Crippen molar-refractivity contribution in [2.75, 3.05) is 5.32 Å². The van der Waals surface area contributed by atoms with Gasteiger partial charge in [-0.15, -0.1) is 0 Å². The lowest BCUT2D eigenvalue weighted by Gasteiger charge is -2.25. The molecule has 98 valence electrons. The summed E-state index contributed by atoms with van der Waals surface area (Å²) < 4.78 is 1.02. The molecule has 0 unspecified atom stereocenters. The van der Waals surface area contributed by atoms with Crippen LogP contribution in [0.25, 0.3) is 0 Å². The third-order valence-electron chi connectivity index (χ3n) is 3.49. The number of hydrogen-bond donors (Lipinski definition) is 2. The van der Waals surface area contributed by atoms with Crippen molar-refractivity contribution in [1.29, 1.82) is 0 Å². The highest BCUT2D eigenvalue weighted by atomic mass is 79.9. The molecule has 0 radical (unpaired) electrons. The molecule has 1 aromatic rings. The van der Waals surface area contributed by atoms with Crippen molar-refractivity contribution in [3.05, 3.63) is 28.7 Å². The minimum absolute atomic E-state index is 0.109. The molecule has 2 rings (SSSR count). The number of carbonyl (C=O) groups is 1. The lowest BCUT2D eigenvalue weighted by atomic mass is 9.84. The first kappa shape index (κ1) is 13.6. The number of nitrogens with two attached hydrogens (primary N) is 1. The van der Waals surface area contributed by atoms with Crippen LogP contribution in [0, 0.1) is 5.92 Å². The fourth-order valence-corrected chi connectivity index (χ4v) is 2.66. The van der Waals surface area contributed by atoms with Crippen LogP contribution >= 0.6 is 15.9 Å². The zero-order chi connectivity index (χ0) is 13.0. The molecule has 0 heterocycles. The Balaban J connectivity index is 1.80. The summed E-state index contributed by atoms with van der Waals surface area (Å²) in [5, 5.41) is 2.94. The molecule has 0 aliphatic heterocycles. The largest absolute Gasteiger partial charge is 0.328 e. The van der Waals surface area contributed by atoms with Crippen LogP contribution in [0.4, 0.5) is 5.69 Å². The predicted molar refractivity (Wildman–Crippen MR) is 77.3 cm³/mol. The Morgan fingerprint density at radius 1 is 1.22 bits per heavy atom. The van der Waals surface area contributed by atoms with E-state index in [0.29, 0.717) is 18.4 Å². The third kappa shape index (κ3) is 4.10. The molecule has 3 N–H and O–H groups in total. The summed E-state index contributed by atoms with van der Waals surface area (Å²) in [4.78, 5) is 11.9. The van der Waals surface area contributed by atoms with Gasteiger partial charge in [0.15, 0.2) is 0 Å². The Morgan fingerprint density at radius 3 is 2.44 bits per heavy atom. The number of rotatable bonds is 3. The van der Waals surface area contributed by atoms with E-state index in [9.17, 15) is 4.79 Å². The van der Waals surface area contributed by atoms with Crippen molar-refractivity contribution in [3.8, 4) is 0 Å². The first-order valence-corrected chi connectivity index (χ1v) is 7.24. The maximum Gasteiger partial charge on any atom is 0.224 e. The summed E-state index contributed by atoms with van der Waals surface area (Å²) in [6, 6.07) is 8.00. The number of nitrogens with one attached hydrogen (secondary N) is 1. The average molecular weight is 311 g/mol. The zero-order valence-corrected chi connectivity index (χ0v) is 11.9. The van der Waals surface area contributed by atoms with Gasteiger partial charge in [-0.05, 0) is 55.9 Å². The second kappa shape index (κ2) is 6.34. The van der Waals surface area contributed by atoms with Gasteiger partial charge in [0, 0.05) is 22.6 Å². The van der Waals surface area contributed by atoms with Crippen LogP contribution in [0.3, 0.4) is 0 Å². The second-order valence-electron chi connectivity index (χ2n) is 5.04. The SMILES string of the molecule is NC1CCC(CC(=O)Nc2ccc(Br)cc2)CC1. The van der Waals surface area contributed by atoms with Gasteiger partial charge in [-0.1, -0.05) is 15.9 Å². The van der Waals surface area contributed by atoms with Crippen molar-refractivity contribution < 1.29 is 4.79 Å². The number of halogens is 1. The van der Waals surface area contributed by atoms with Crippen molar-refractivity contribution in [1.82, 2.24) is 0 Å². The van der Waals surface area contributed by atoms with E-state index in [0.717, 1.165) is 35.8 Å². The van der Waals surface area contributed by atoms with Gasteiger partial charge in [0.25, 0.3) is 0 Å². The Hall–Kier alpha value is -0.870. The van der Waals surface area contributed by atoms with Gasteiger partial charge in [-0.2, -0.15) is 0 Å². The summed E-state index contributed by atoms with van der Waals surface area (Å²) >= 11 is 3.37. The highest BCUT2D eigenvalue weighted by molar-refractivity contribution is 9.10. The monoisotopic (exact) mass is 310 g/mol. The molecule has 4 heteroatoms. The number of carbonyl (C=O) groups excluding carboxylic acids is 1. The van der Waals surface area contributed by atoms with Gasteiger partial charge >= 0.3 is 0 Å². The van der Waals surface area contributed by atoms with E-state index in [1.54, 1.807) is 0 Å². The Labute approximate surface area is 116 Å². The van der Waals surface area contributed by atoms with Gasteiger partial charge in [0.2, 0.25) is 5.91 Å². The number of anilines is 1. The van der Waals surface area contributed by atoms with Crippen molar-refractivity contribution in [2.45, 2.75) is 38.1 Å². The molecule has 1 saturated carbocycles. The predicted octanol–water partition coefficient (Wildman–Crippen LogP) is 3.30. The maximum atomic E-state index is 11.9. The lowest BCUT2D eigenvalue weighted by Crippen LogP contribution is -2.28. The average Bonchev–Trinajstić information content (AvgIpc) is 2.35. The number of amides is 1. The number of hydrogen-bond acceptors (Lipinski definition) is 2. The van der Waals surface area contributed by atoms with Crippen LogP contribution in [0.1, 0.15) is 32.1 Å². The first-order chi connectivity index (χ1) is 8.63. The highest BCUT2D eigenvalue weighted by Gasteiger charge is 2.20. The molecule has 3 nitrogen and oxygen atoms in total. The minimum atomic E-state index is 0.109. The fourth-order valence-electron chi connectivity index (χ4n) is 2.40. The molecule has 1 aliphatic rings. The van der Waals surface area contributed by atoms with Gasteiger partial charge in [0.1, 0.15) is 0 Å². The summed E-state index contributed by atoms with van der Waals surface area (Å²) in [6.07, 6.45) is 4.87. The molecule has 1 amide bonds. The molecular formula is C14H19BrN2O.